The molecule has 0 aliphatic rings. The van der Waals surface area contributed by atoms with Crippen LogP contribution in [0.15, 0.2) is 60.7 Å². The van der Waals surface area contributed by atoms with Gasteiger partial charge in [-0.05, 0) is 31.5 Å². The topological polar surface area (TPSA) is 73.6 Å². The Kier molecular flexibility index (Phi) is 5.45. The van der Waals surface area contributed by atoms with Crippen LogP contribution in [0.3, 0.4) is 0 Å². The molecular formula is C21H21N5. The van der Waals surface area contributed by atoms with Crippen LogP contribution in [-0.2, 0) is 0 Å². The van der Waals surface area contributed by atoms with Crippen molar-refractivity contribution in [3.05, 3.63) is 66.2 Å². The summed E-state index contributed by atoms with van der Waals surface area (Å²) in [6, 6.07) is 21.7. The second-order valence-electron chi connectivity index (χ2n) is 6.10. The quantitative estimate of drug-likeness (QED) is 0.661. The van der Waals surface area contributed by atoms with Gasteiger partial charge in [0.15, 0.2) is 0 Å². The fourth-order valence-corrected chi connectivity index (χ4v) is 2.47. The van der Waals surface area contributed by atoms with Crippen LogP contribution >= 0.6 is 0 Å². The highest BCUT2D eigenvalue weighted by molar-refractivity contribution is 5.67. The largest absolute Gasteiger partial charge is 0.352 e. The molecule has 1 atom stereocenters. The number of nitrogens with zero attached hydrogens (tertiary/aromatic N) is 3. The molecule has 1 heterocycles. The molecule has 3 aromatic rings. The molecule has 2 N–H and O–H groups in total. The highest BCUT2D eigenvalue weighted by atomic mass is 15.2. The SMILES string of the molecule is CC[C@@H](C)Nc1nc(Nc2cccc(C#N)c2)cc(-c2ccccc2)n1. The fraction of sp³-hybridized carbons (Fsp3) is 0.190. The summed E-state index contributed by atoms with van der Waals surface area (Å²) >= 11 is 0. The van der Waals surface area contributed by atoms with Crippen molar-refractivity contribution < 1.29 is 0 Å². The van der Waals surface area contributed by atoms with Crippen LogP contribution in [0.4, 0.5) is 17.5 Å². The van der Waals surface area contributed by atoms with Gasteiger partial charge in [0.2, 0.25) is 5.95 Å². The minimum atomic E-state index is 0.274. The number of benzene rings is 2. The molecule has 5 heteroatoms. The van der Waals surface area contributed by atoms with Crippen LogP contribution < -0.4 is 10.6 Å². The summed E-state index contributed by atoms with van der Waals surface area (Å²) < 4.78 is 0. The monoisotopic (exact) mass is 343 g/mol. The molecule has 5 nitrogen and oxygen atoms in total. The molecule has 2 aromatic carbocycles. The standard InChI is InChI=1S/C21H21N5/c1-3-15(2)23-21-25-19(17-9-5-4-6-10-17)13-20(26-21)24-18-11-7-8-16(12-18)14-22/h4-13,15H,3H2,1-2H3,(H2,23,24,25,26)/t15-/m1/s1. The lowest BCUT2D eigenvalue weighted by atomic mass is 10.1. The highest BCUT2D eigenvalue weighted by Crippen LogP contribution is 2.24. The molecule has 0 spiro atoms. The Balaban J connectivity index is 1.97. The molecule has 0 saturated heterocycles. The van der Waals surface area contributed by atoms with Gasteiger partial charge in [-0.25, -0.2) is 4.98 Å². The molecule has 0 saturated carbocycles. The summed E-state index contributed by atoms with van der Waals surface area (Å²) in [7, 11) is 0. The fourth-order valence-electron chi connectivity index (χ4n) is 2.47. The van der Waals surface area contributed by atoms with E-state index in [0.717, 1.165) is 23.4 Å². The van der Waals surface area contributed by atoms with Crippen LogP contribution in [0.25, 0.3) is 11.3 Å². The van der Waals surface area contributed by atoms with Gasteiger partial charge >= 0.3 is 0 Å². The van der Waals surface area contributed by atoms with Gasteiger partial charge in [-0.1, -0.05) is 43.3 Å². The zero-order valence-electron chi connectivity index (χ0n) is 14.9. The molecule has 0 amide bonds. The van der Waals surface area contributed by atoms with Crippen molar-refractivity contribution in [1.29, 1.82) is 5.26 Å². The number of hydrogen-bond acceptors (Lipinski definition) is 5. The maximum atomic E-state index is 9.08. The lowest BCUT2D eigenvalue weighted by Crippen LogP contribution is -2.16. The van der Waals surface area contributed by atoms with E-state index in [0.29, 0.717) is 17.3 Å². The van der Waals surface area contributed by atoms with Crippen molar-refractivity contribution in [3.63, 3.8) is 0 Å². The molecule has 1 aromatic heterocycles. The summed E-state index contributed by atoms with van der Waals surface area (Å²) in [4.78, 5) is 9.23. The van der Waals surface area contributed by atoms with Gasteiger partial charge in [-0.3, -0.25) is 0 Å². The van der Waals surface area contributed by atoms with Crippen molar-refractivity contribution in [2.75, 3.05) is 10.6 Å². The second kappa shape index (κ2) is 8.13. The number of hydrogen-bond donors (Lipinski definition) is 2. The van der Waals surface area contributed by atoms with Gasteiger partial charge in [0, 0.05) is 23.4 Å². The molecule has 26 heavy (non-hydrogen) atoms. The van der Waals surface area contributed by atoms with Crippen LogP contribution in [0.5, 0.6) is 0 Å². The van der Waals surface area contributed by atoms with Crippen LogP contribution in [0.1, 0.15) is 25.8 Å². The minimum absolute atomic E-state index is 0.274. The first-order valence-corrected chi connectivity index (χ1v) is 8.66. The van der Waals surface area contributed by atoms with Crippen molar-refractivity contribution in [2.45, 2.75) is 26.3 Å². The van der Waals surface area contributed by atoms with E-state index in [2.05, 4.69) is 40.5 Å². The lowest BCUT2D eigenvalue weighted by Gasteiger charge is -2.14. The predicted octanol–water partition coefficient (Wildman–Crippen LogP) is 4.97. The Hall–Kier alpha value is -3.39. The smallest absolute Gasteiger partial charge is 0.225 e. The van der Waals surface area contributed by atoms with Gasteiger partial charge in [0.05, 0.1) is 17.3 Å². The number of nitriles is 1. The van der Waals surface area contributed by atoms with Gasteiger partial charge in [0.1, 0.15) is 5.82 Å². The molecule has 3 rings (SSSR count). The third kappa shape index (κ3) is 4.37. The zero-order chi connectivity index (χ0) is 18.4. The zero-order valence-corrected chi connectivity index (χ0v) is 14.9. The van der Waals surface area contributed by atoms with E-state index in [1.54, 1.807) is 12.1 Å². The average molecular weight is 343 g/mol. The van der Waals surface area contributed by atoms with E-state index in [-0.39, 0.29) is 6.04 Å². The van der Waals surface area contributed by atoms with Gasteiger partial charge in [0.25, 0.3) is 0 Å². The van der Waals surface area contributed by atoms with E-state index in [4.69, 9.17) is 5.26 Å². The molecule has 0 unspecified atom stereocenters. The first-order chi connectivity index (χ1) is 12.7. The summed E-state index contributed by atoms with van der Waals surface area (Å²) in [6.45, 7) is 4.22. The molecule has 0 bridgehead atoms. The molecule has 130 valence electrons. The normalized spacial score (nSPS) is 11.4. The van der Waals surface area contributed by atoms with Crippen molar-refractivity contribution >= 4 is 17.5 Å². The van der Waals surface area contributed by atoms with Crippen LogP contribution in [-0.4, -0.2) is 16.0 Å². The Morgan fingerprint density at radius 3 is 2.58 bits per heavy atom. The Labute approximate surface area is 153 Å². The van der Waals surface area contributed by atoms with E-state index in [9.17, 15) is 0 Å². The molecule has 0 aliphatic carbocycles. The predicted molar refractivity (Wildman–Crippen MR) is 105 cm³/mol. The number of rotatable bonds is 6. The molecule has 0 fully saturated rings. The number of aromatic nitrogens is 2. The third-order valence-electron chi connectivity index (χ3n) is 4.05. The van der Waals surface area contributed by atoms with E-state index < -0.39 is 0 Å². The molecule has 0 radical (unpaired) electrons. The van der Waals surface area contributed by atoms with Crippen molar-refractivity contribution in [1.82, 2.24) is 9.97 Å². The van der Waals surface area contributed by atoms with Crippen LogP contribution in [0, 0.1) is 11.3 Å². The third-order valence-corrected chi connectivity index (χ3v) is 4.05. The number of anilines is 3. The first-order valence-electron chi connectivity index (χ1n) is 8.66. The Morgan fingerprint density at radius 1 is 1.04 bits per heavy atom. The van der Waals surface area contributed by atoms with Crippen molar-refractivity contribution in [2.24, 2.45) is 0 Å². The van der Waals surface area contributed by atoms with Crippen LogP contribution in [0.2, 0.25) is 0 Å². The maximum Gasteiger partial charge on any atom is 0.225 e. The Morgan fingerprint density at radius 2 is 1.85 bits per heavy atom. The minimum Gasteiger partial charge on any atom is -0.352 e. The van der Waals surface area contributed by atoms with Crippen molar-refractivity contribution in [3.8, 4) is 17.3 Å². The number of nitrogens with one attached hydrogen (secondary N) is 2. The Bertz CT molecular complexity index is 915. The summed E-state index contributed by atoms with van der Waals surface area (Å²) in [5.74, 6) is 1.26. The van der Waals surface area contributed by atoms with E-state index >= 15 is 0 Å². The first kappa shape index (κ1) is 17.4. The highest BCUT2D eigenvalue weighted by Gasteiger charge is 2.09. The van der Waals surface area contributed by atoms with Gasteiger partial charge in [-0.15, -0.1) is 0 Å². The lowest BCUT2D eigenvalue weighted by molar-refractivity contribution is 0.753. The molecule has 0 aliphatic heterocycles. The average Bonchev–Trinajstić information content (AvgIpc) is 2.68. The van der Waals surface area contributed by atoms with E-state index in [1.807, 2.05) is 48.5 Å². The summed E-state index contributed by atoms with van der Waals surface area (Å²) in [6.07, 6.45) is 0.978. The van der Waals surface area contributed by atoms with E-state index in [1.165, 1.54) is 0 Å². The van der Waals surface area contributed by atoms with Gasteiger partial charge < -0.3 is 10.6 Å². The maximum absolute atomic E-state index is 9.08. The summed E-state index contributed by atoms with van der Waals surface area (Å²) in [5, 5.41) is 15.7. The van der Waals surface area contributed by atoms with Gasteiger partial charge in [-0.2, -0.15) is 10.2 Å². The second-order valence-corrected chi connectivity index (χ2v) is 6.10. The summed E-state index contributed by atoms with van der Waals surface area (Å²) in [5.41, 5.74) is 3.28. The molecular weight excluding hydrogens is 322 g/mol.